The van der Waals surface area contributed by atoms with Crippen LogP contribution in [0.5, 0.6) is 0 Å². The fourth-order valence-corrected chi connectivity index (χ4v) is 9.50. The van der Waals surface area contributed by atoms with E-state index in [1.807, 2.05) is 0 Å². The minimum absolute atomic E-state index is 0.0955. The van der Waals surface area contributed by atoms with Crippen LogP contribution in [0.4, 0.5) is 0 Å². The van der Waals surface area contributed by atoms with Crippen molar-refractivity contribution in [3.05, 3.63) is 143 Å². The largest absolute Gasteiger partial charge is 0.252 e. The SMILES string of the molecule is Cc1nc2cc(-c3cccc4c3C(C)(C)c3ccccc3-4)cc3c(C)nc4cc(-c5cccc6c5C(C)(C)c5ccccc5-6)cc1c4c23. The third kappa shape index (κ3) is 3.42. The number of hydrogen-bond donors (Lipinski definition) is 0. The van der Waals surface area contributed by atoms with Gasteiger partial charge >= 0.3 is 0 Å². The monoisotopic (exact) mass is 616 g/mol. The molecule has 2 nitrogen and oxygen atoms in total. The van der Waals surface area contributed by atoms with Crippen molar-refractivity contribution >= 4 is 32.6 Å². The minimum Gasteiger partial charge on any atom is -0.252 e. The molecule has 0 radical (unpaired) electrons. The number of fused-ring (bicyclic) bond motifs is 6. The molecular formula is C46H36N2. The van der Waals surface area contributed by atoms with Crippen LogP contribution in [0.3, 0.4) is 0 Å². The van der Waals surface area contributed by atoms with Crippen molar-refractivity contribution in [2.24, 2.45) is 0 Å². The number of aryl methyl sites for hydroxylation is 2. The molecule has 0 unspecified atom stereocenters. The summed E-state index contributed by atoms with van der Waals surface area (Å²) in [5.41, 5.74) is 19.9. The molecule has 2 aliphatic carbocycles. The summed E-state index contributed by atoms with van der Waals surface area (Å²) < 4.78 is 0. The van der Waals surface area contributed by atoms with Crippen LogP contribution in [0.15, 0.2) is 109 Å². The van der Waals surface area contributed by atoms with Gasteiger partial charge in [0.05, 0.1) is 11.0 Å². The first-order chi connectivity index (χ1) is 23.1. The van der Waals surface area contributed by atoms with E-state index >= 15 is 0 Å². The Morgan fingerprint density at radius 1 is 0.417 bits per heavy atom. The molecule has 0 fully saturated rings. The van der Waals surface area contributed by atoms with Crippen molar-refractivity contribution in [3.8, 4) is 44.5 Å². The Morgan fingerprint density at radius 3 is 1.23 bits per heavy atom. The lowest BCUT2D eigenvalue weighted by Gasteiger charge is -2.25. The number of hydrogen-bond acceptors (Lipinski definition) is 2. The second-order valence-corrected chi connectivity index (χ2v) is 15.0. The highest BCUT2D eigenvalue weighted by Gasteiger charge is 2.38. The number of benzene rings is 6. The Hall–Kier alpha value is -5.34. The zero-order chi connectivity index (χ0) is 32.7. The summed E-state index contributed by atoms with van der Waals surface area (Å²) in [6.45, 7) is 13.8. The topological polar surface area (TPSA) is 25.8 Å². The van der Waals surface area contributed by atoms with Crippen LogP contribution in [0.1, 0.15) is 61.3 Å². The smallest absolute Gasteiger partial charge is 0.0725 e. The highest BCUT2D eigenvalue weighted by Crippen LogP contribution is 2.54. The molecule has 2 heterocycles. The second kappa shape index (κ2) is 9.17. The number of pyridine rings is 2. The van der Waals surface area contributed by atoms with Crippen LogP contribution in [0.25, 0.3) is 77.1 Å². The van der Waals surface area contributed by atoms with E-state index in [1.165, 1.54) is 88.3 Å². The van der Waals surface area contributed by atoms with E-state index in [2.05, 4.69) is 151 Å². The summed E-state index contributed by atoms with van der Waals surface area (Å²) >= 11 is 0. The Bertz CT molecular complexity index is 2500. The van der Waals surface area contributed by atoms with E-state index in [-0.39, 0.29) is 10.8 Å². The summed E-state index contributed by atoms with van der Waals surface area (Å²) in [5, 5.41) is 4.80. The van der Waals surface area contributed by atoms with E-state index in [0.29, 0.717) is 0 Å². The van der Waals surface area contributed by atoms with Crippen LogP contribution in [-0.4, -0.2) is 9.97 Å². The number of rotatable bonds is 2. The predicted octanol–water partition coefficient (Wildman–Crippen LogP) is 11.9. The van der Waals surface area contributed by atoms with Gasteiger partial charge in [-0.25, -0.2) is 0 Å². The molecule has 2 aliphatic rings. The average molecular weight is 617 g/mol. The lowest BCUT2D eigenvalue weighted by atomic mass is 9.78. The fourth-order valence-electron chi connectivity index (χ4n) is 9.50. The van der Waals surface area contributed by atoms with E-state index in [0.717, 1.165) is 22.4 Å². The maximum Gasteiger partial charge on any atom is 0.0725 e. The molecular weight excluding hydrogens is 581 g/mol. The van der Waals surface area contributed by atoms with Crippen molar-refractivity contribution < 1.29 is 0 Å². The van der Waals surface area contributed by atoms with Gasteiger partial charge in [-0.3, -0.25) is 9.97 Å². The van der Waals surface area contributed by atoms with Crippen LogP contribution in [0.2, 0.25) is 0 Å². The zero-order valence-electron chi connectivity index (χ0n) is 28.3. The van der Waals surface area contributed by atoms with Crippen molar-refractivity contribution in [2.75, 3.05) is 0 Å². The number of aromatic nitrogens is 2. The highest BCUT2D eigenvalue weighted by atomic mass is 14.7. The second-order valence-electron chi connectivity index (χ2n) is 15.0. The van der Waals surface area contributed by atoms with Gasteiger partial charge in [0.15, 0.2) is 0 Å². The van der Waals surface area contributed by atoms with E-state index < -0.39 is 0 Å². The standard InChI is InChI=1S/C46H36N2/c1-25-35-21-27(29-15-11-17-33-31-13-7-9-19-37(31)45(3,4)43(29)33)24-40-41(35)42-36(26(2)48-40)22-28(23-39(42)47-25)30-16-12-18-34-32-14-8-10-20-38(32)46(5,6)44(30)34/h7-24H,1-6H3. The molecule has 48 heavy (non-hydrogen) atoms. The maximum absolute atomic E-state index is 5.34. The van der Waals surface area contributed by atoms with Crippen LogP contribution >= 0.6 is 0 Å². The first-order valence-electron chi connectivity index (χ1n) is 17.1. The Kier molecular flexibility index (Phi) is 5.30. The van der Waals surface area contributed by atoms with Crippen molar-refractivity contribution in [3.63, 3.8) is 0 Å². The molecule has 0 saturated heterocycles. The summed E-state index contributed by atoms with van der Waals surface area (Å²) in [4.78, 5) is 10.7. The molecule has 2 heteroatoms. The summed E-state index contributed by atoms with van der Waals surface area (Å²) in [6.07, 6.45) is 0. The van der Waals surface area contributed by atoms with E-state index in [9.17, 15) is 0 Å². The van der Waals surface area contributed by atoms with Crippen molar-refractivity contribution in [1.29, 1.82) is 0 Å². The van der Waals surface area contributed by atoms with Gasteiger partial charge < -0.3 is 0 Å². The van der Waals surface area contributed by atoms with Gasteiger partial charge in [-0.2, -0.15) is 0 Å². The third-order valence-corrected chi connectivity index (χ3v) is 11.6. The first kappa shape index (κ1) is 27.7. The molecule has 2 aromatic heterocycles. The molecule has 0 bridgehead atoms. The van der Waals surface area contributed by atoms with Gasteiger partial charge in [0.1, 0.15) is 0 Å². The molecule has 10 rings (SSSR count). The lowest BCUT2D eigenvalue weighted by molar-refractivity contribution is 0.662. The lowest BCUT2D eigenvalue weighted by Crippen LogP contribution is -2.16. The normalized spacial score (nSPS) is 15.2. The van der Waals surface area contributed by atoms with Gasteiger partial charge in [0.2, 0.25) is 0 Å². The number of nitrogens with zero attached hydrogens (tertiary/aromatic N) is 2. The molecule has 0 N–H and O–H groups in total. The Balaban J connectivity index is 1.20. The van der Waals surface area contributed by atoms with Crippen molar-refractivity contribution in [2.45, 2.75) is 52.4 Å². The molecule has 0 atom stereocenters. The van der Waals surface area contributed by atoms with E-state index in [4.69, 9.17) is 9.97 Å². The van der Waals surface area contributed by atoms with Gasteiger partial charge in [0.25, 0.3) is 0 Å². The predicted molar refractivity (Wildman–Crippen MR) is 201 cm³/mol. The quantitative estimate of drug-likeness (QED) is 0.181. The van der Waals surface area contributed by atoms with Gasteiger partial charge in [-0.1, -0.05) is 113 Å². The minimum atomic E-state index is -0.0955. The molecule has 0 spiro atoms. The van der Waals surface area contributed by atoms with Crippen LogP contribution in [-0.2, 0) is 10.8 Å². The van der Waals surface area contributed by atoms with Gasteiger partial charge in [-0.15, -0.1) is 0 Å². The summed E-state index contributed by atoms with van der Waals surface area (Å²) in [5.74, 6) is 0. The van der Waals surface area contributed by atoms with Crippen molar-refractivity contribution in [1.82, 2.24) is 9.97 Å². The van der Waals surface area contributed by atoms with Gasteiger partial charge in [-0.05, 0) is 105 Å². The maximum atomic E-state index is 5.34. The average Bonchev–Trinajstić information content (AvgIpc) is 3.47. The Morgan fingerprint density at radius 2 is 0.792 bits per heavy atom. The molecule has 0 aliphatic heterocycles. The third-order valence-electron chi connectivity index (χ3n) is 11.6. The highest BCUT2D eigenvalue weighted by molar-refractivity contribution is 6.23. The van der Waals surface area contributed by atoms with E-state index in [1.54, 1.807) is 0 Å². The first-order valence-corrected chi connectivity index (χ1v) is 17.1. The molecule has 0 amide bonds. The van der Waals surface area contributed by atoms with Crippen LogP contribution < -0.4 is 0 Å². The molecule has 8 aromatic rings. The molecule has 0 saturated carbocycles. The zero-order valence-corrected chi connectivity index (χ0v) is 28.3. The summed E-state index contributed by atoms with van der Waals surface area (Å²) in [6, 6.07) is 40.7. The fraction of sp³-hybridized carbons (Fsp3) is 0.174. The summed E-state index contributed by atoms with van der Waals surface area (Å²) in [7, 11) is 0. The molecule has 230 valence electrons. The van der Waals surface area contributed by atoms with Gasteiger partial charge in [0, 0.05) is 43.8 Å². The molecule has 6 aromatic carbocycles. The Labute approximate surface area is 281 Å². The van der Waals surface area contributed by atoms with Crippen LogP contribution in [0, 0.1) is 13.8 Å².